The predicted molar refractivity (Wildman–Crippen MR) is 76.1 cm³/mol. The Balaban J connectivity index is 1.91. The second-order valence-electron chi connectivity index (χ2n) is 5.36. The molecule has 3 N–H and O–H groups in total. The van der Waals surface area contributed by atoms with E-state index >= 15 is 0 Å². The molecule has 1 aliphatic heterocycles. The van der Waals surface area contributed by atoms with Gasteiger partial charge in [-0.1, -0.05) is 12.1 Å². The Morgan fingerprint density at radius 3 is 2.65 bits per heavy atom. The number of nitrogen functional groups attached to an aromatic ring is 1. The Kier molecular flexibility index (Phi) is 4.61. The first-order valence-corrected chi connectivity index (χ1v) is 6.88. The highest BCUT2D eigenvalue weighted by Crippen LogP contribution is 2.20. The highest BCUT2D eigenvalue weighted by atomic mass is 16.4. The number of piperidine rings is 1. The van der Waals surface area contributed by atoms with Gasteiger partial charge in [-0.25, -0.2) is 0 Å². The Bertz CT molecular complexity index is 484. The van der Waals surface area contributed by atoms with Crippen molar-refractivity contribution < 1.29 is 14.7 Å². The van der Waals surface area contributed by atoms with Crippen molar-refractivity contribution in [1.29, 1.82) is 0 Å². The van der Waals surface area contributed by atoms with Crippen molar-refractivity contribution >= 4 is 17.6 Å². The van der Waals surface area contributed by atoms with Gasteiger partial charge < -0.3 is 15.7 Å². The van der Waals surface area contributed by atoms with Gasteiger partial charge in [-0.05, 0) is 36.5 Å². The first-order valence-electron chi connectivity index (χ1n) is 6.88. The number of carbonyl (C=O) groups excluding carboxylic acids is 1. The molecule has 1 unspecified atom stereocenters. The predicted octanol–water partition coefficient (Wildman–Crippen LogP) is 1.52. The highest BCUT2D eigenvalue weighted by molar-refractivity contribution is 5.79. The maximum Gasteiger partial charge on any atom is 0.303 e. The lowest BCUT2D eigenvalue weighted by molar-refractivity contribution is -0.140. The Labute approximate surface area is 118 Å². The Morgan fingerprint density at radius 2 is 2.00 bits per heavy atom. The minimum absolute atomic E-state index is 0.0601. The molecular weight excluding hydrogens is 256 g/mol. The monoisotopic (exact) mass is 276 g/mol. The minimum Gasteiger partial charge on any atom is -0.481 e. The van der Waals surface area contributed by atoms with Crippen molar-refractivity contribution in [3.8, 4) is 0 Å². The highest BCUT2D eigenvalue weighted by Gasteiger charge is 2.25. The average molecular weight is 276 g/mol. The van der Waals surface area contributed by atoms with Crippen LogP contribution < -0.4 is 5.73 Å². The molecule has 1 aromatic carbocycles. The maximum absolute atomic E-state index is 12.2. The largest absolute Gasteiger partial charge is 0.481 e. The first-order chi connectivity index (χ1) is 9.54. The van der Waals surface area contributed by atoms with Crippen LogP contribution in [0.2, 0.25) is 0 Å². The zero-order valence-corrected chi connectivity index (χ0v) is 11.4. The molecule has 0 radical (unpaired) electrons. The lowest BCUT2D eigenvalue weighted by Crippen LogP contribution is -2.41. The molecule has 1 aromatic rings. The van der Waals surface area contributed by atoms with Crippen LogP contribution in [0.4, 0.5) is 5.69 Å². The molecule has 1 fully saturated rings. The molecule has 1 aliphatic rings. The quantitative estimate of drug-likeness (QED) is 0.817. The lowest BCUT2D eigenvalue weighted by Gasteiger charge is -2.32. The number of carboxylic acid groups (broad SMARTS) is 1. The third-order valence-electron chi connectivity index (χ3n) is 3.67. The SMILES string of the molecule is Nc1ccc(CC(=O)N2CCCC(CC(=O)O)C2)cc1. The van der Waals surface area contributed by atoms with Crippen molar-refractivity contribution in [2.45, 2.75) is 25.7 Å². The summed E-state index contributed by atoms with van der Waals surface area (Å²) in [4.78, 5) is 24.8. The van der Waals surface area contributed by atoms with E-state index in [1.165, 1.54) is 0 Å². The van der Waals surface area contributed by atoms with Crippen LogP contribution >= 0.6 is 0 Å². The third kappa shape index (κ3) is 3.98. The van der Waals surface area contributed by atoms with Gasteiger partial charge in [0.2, 0.25) is 5.91 Å². The van der Waals surface area contributed by atoms with E-state index in [1.54, 1.807) is 17.0 Å². The number of likely N-dealkylation sites (tertiary alicyclic amines) is 1. The van der Waals surface area contributed by atoms with Gasteiger partial charge in [0.1, 0.15) is 0 Å². The van der Waals surface area contributed by atoms with Crippen LogP contribution in [-0.4, -0.2) is 35.0 Å². The summed E-state index contributed by atoms with van der Waals surface area (Å²) in [6.07, 6.45) is 2.26. The molecule has 5 nitrogen and oxygen atoms in total. The number of anilines is 1. The van der Waals surface area contributed by atoms with Crippen molar-refractivity contribution in [2.75, 3.05) is 18.8 Å². The number of carboxylic acids is 1. The molecule has 0 saturated carbocycles. The Hall–Kier alpha value is -2.04. The number of aliphatic carboxylic acids is 1. The number of rotatable bonds is 4. The van der Waals surface area contributed by atoms with Gasteiger partial charge in [0.15, 0.2) is 0 Å². The first kappa shape index (κ1) is 14.4. The Morgan fingerprint density at radius 1 is 1.30 bits per heavy atom. The van der Waals surface area contributed by atoms with Crippen LogP contribution in [0.3, 0.4) is 0 Å². The molecule has 0 bridgehead atoms. The minimum atomic E-state index is -0.789. The van der Waals surface area contributed by atoms with Crippen molar-refractivity contribution in [2.24, 2.45) is 5.92 Å². The van der Waals surface area contributed by atoms with E-state index in [2.05, 4.69) is 0 Å². The molecule has 1 heterocycles. The summed E-state index contributed by atoms with van der Waals surface area (Å²) in [5.74, 6) is -0.649. The molecule has 108 valence electrons. The molecular formula is C15H20N2O3. The van der Waals surface area contributed by atoms with Gasteiger partial charge in [-0.3, -0.25) is 9.59 Å². The average Bonchev–Trinajstić information content (AvgIpc) is 2.41. The van der Waals surface area contributed by atoms with Crippen LogP contribution in [0.5, 0.6) is 0 Å². The van der Waals surface area contributed by atoms with Crippen LogP contribution in [0, 0.1) is 5.92 Å². The number of carbonyl (C=O) groups is 2. The maximum atomic E-state index is 12.2. The standard InChI is InChI=1S/C15H20N2O3/c16-13-5-3-11(4-6-13)8-14(18)17-7-1-2-12(10-17)9-15(19)20/h3-6,12H,1-2,7-10,16H2,(H,19,20). The number of amides is 1. The summed E-state index contributed by atoms with van der Waals surface area (Å²) in [7, 11) is 0. The van der Waals surface area contributed by atoms with E-state index in [1.807, 2.05) is 12.1 Å². The van der Waals surface area contributed by atoms with E-state index in [0.29, 0.717) is 18.7 Å². The summed E-state index contributed by atoms with van der Waals surface area (Å²) in [5, 5.41) is 8.84. The van der Waals surface area contributed by atoms with Gasteiger partial charge >= 0.3 is 5.97 Å². The number of hydrogen-bond donors (Lipinski definition) is 2. The molecule has 5 heteroatoms. The van der Waals surface area contributed by atoms with E-state index in [-0.39, 0.29) is 18.2 Å². The topological polar surface area (TPSA) is 83.6 Å². The number of nitrogens with two attached hydrogens (primary N) is 1. The fraction of sp³-hybridized carbons (Fsp3) is 0.467. The normalized spacial score (nSPS) is 18.8. The summed E-state index contributed by atoms with van der Waals surface area (Å²) in [6, 6.07) is 7.27. The van der Waals surface area contributed by atoms with Crippen molar-refractivity contribution in [3.63, 3.8) is 0 Å². The van der Waals surface area contributed by atoms with Gasteiger partial charge in [-0.15, -0.1) is 0 Å². The van der Waals surface area contributed by atoms with E-state index < -0.39 is 5.97 Å². The summed E-state index contributed by atoms with van der Waals surface area (Å²) >= 11 is 0. The van der Waals surface area contributed by atoms with Crippen molar-refractivity contribution in [1.82, 2.24) is 4.90 Å². The fourth-order valence-corrected chi connectivity index (χ4v) is 2.63. The molecule has 2 rings (SSSR count). The lowest BCUT2D eigenvalue weighted by atomic mass is 9.94. The molecule has 20 heavy (non-hydrogen) atoms. The van der Waals surface area contributed by atoms with E-state index in [9.17, 15) is 9.59 Å². The van der Waals surface area contributed by atoms with Gasteiger partial charge in [-0.2, -0.15) is 0 Å². The summed E-state index contributed by atoms with van der Waals surface area (Å²) < 4.78 is 0. The van der Waals surface area contributed by atoms with Crippen molar-refractivity contribution in [3.05, 3.63) is 29.8 Å². The zero-order chi connectivity index (χ0) is 14.5. The molecule has 1 amide bonds. The molecule has 1 atom stereocenters. The fourth-order valence-electron chi connectivity index (χ4n) is 2.63. The summed E-state index contributed by atoms with van der Waals surface area (Å²) in [6.45, 7) is 1.28. The van der Waals surface area contributed by atoms with Crippen LogP contribution in [-0.2, 0) is 16.0 Å². The second kappa shape index (κ2) is 6.41. The molecule has 0 aromatic heterocycles. The van der Waals surface area contributed by atoms with Gasteiger partial charge in [0, 0.05) is 25.2 Å². The number of nitrogens with zero attached hydrogens (tertiary/aromatic N) is 1. The molecule has 0 aliphatic carbocycles. The second-order valence-corrected chi connectivity index (χ2v) is 5.36. The third-order valence-corrected chi connectivity index (χ3v) is 3.67. The van der Waals surface area contributed by atoms with Gasteiger partial charge in [0.25, 0.3) is 0 Å². The number of benzene rings is 1. The van der Waals surface area contributed by atoms with Gasteiger partial charge in [0.05, 0.1) is 6.42 Å². The van der Waals surface area contributed by atoms with E-state index in [0.717, 1.165) is 24.9 Å². The summed E-state index contributed by atoms with van der Waals surface area (Å²) in [5.41, 5.74) is 7.23. The zero-order valence-electron chi connectivity index (χ0n) is 11.4. The van der Waals surface area contributed by atoms with Crippen LogP contribution in [0.1, 0.15) is 24.8 Å². The molecule has 1 saturated heterocycles. The molecule has 0 spiro atoms. The smallest absolute Gasteiger partial charge is 0.303 e. The van der Waals surface area contributed by atoms with Crippen LogP contribution in [0.15, 0.2) is 24.3 Å². The van der Waals surface area contributed by atoms with E-state index in [4.69, 9.17) is 10.8 Å². The number of hydrogen-bond acceptors (Lipinski definition) is 3. The van der Waals surface area contributed by atoms with Crippen LogP contribution in [0.25, 0.3) is 0 Å².